The highest BCUT2D eigenvalue weighted by Crippen LogP contribution is 2.42. The monoisotopic (exact) mass is 372 g/mol. The lowest BCUT2D eigenvalue weighted by molar-refractivity contribution is 0.0520. The standard InChI is InChI=1S/C20H40O4Si/c1-5-8-13-21-25(7-3,22-14-9-6-2)23-15-12-17(4)18-10-11-19-20(16-18)24-19/h17-20H,5-16H2,1-4H3. The molecule has 2 aliphatic rings. The molecule has 0 amide bonds. The molecule has 0 N–H and O–H groups in total. The van der Waals surface area contributed by atoms with Crippen molar-refractivity contribution in [2.75, 3.05) is 19.8 Å². The molecule has 0 aromatic rings. The van der Waals surface area contributed by atoms with Crippen LogP contribution in [0.4, 0.5) is 0 Å². The maximum Gasteiger partial charge on any atom is 0.500 e. The molecule has 0 aromatic carbocycles. The summed E-state index contributed by atoms with van der Waals surface area (Å²) in [6, 6.07) is 0.871. The Balaban J connectivity index is 1.75. The number of hydrogen-bond donors (Lipinski definition) is 0. The normalized spacial score (nSPS) is 27.1. The molecule has 25 heavy (non-hydrogen) atoms. The third-order valence-electron chi connectivity index (χ3n) is 5.82. The number of unbranched alkanes of at least 4 members (excludes halogenated alkanes) is 2. The van der Waals surface area contributed by atoms with Crippen LogP contribution in [0, 0.1) is 11.8 Å². The first kappa shape index (κ1) is 21.4. The van der Waals surface area contributed by atoms with Crippen molar-refractivity contribution in [1.29, 1.82) is 0 Å². The molecule has 1 aliphatic heterocycles. The SMILES string of the molecule is CCCCO[Si](CC)(OCCCC)OCCC(C)C1CCC2OC2C1. The fourth-order valence-electron chi connectivity index (χ4n) is 3.76. The highest BCUT2D eigenvalue weighted by Gasteiger charge is 2.45. The number of ether oxygens (including phenoxy) is 1. The van der Waals surface area contributed by atoms with Gasteiger partial charge in [-0.25, -0.2) is 0 Å². The van der Waals surface area contributed by atoms with Gasteiger partial charge in [0.05, 0.1) is 12.2 Å². The van der Waals surface area contributed by atoms with Gasteiger partial charge in [-0.3, -0.25) is 0 Å². The van der Waals surface area contributed by atoms with Crippen LogP contribution in [0.5, 0.6) is 0 Å². The average Bonchev–Trinajstić information content (AvgIpc) is 3.40. The van der Waals surface area contributed by atoms with E-state index in [9.17, 15) is 0 Å². The third-order valence-corrected chi connectivity index (χ3v) is 8.62. The Morgan fingerprint density at radius 3 is 2.12 bits per heavy atom. The largest absolute Gasteiger partial charge is 0.500 e. The first-order chi connectivity index (χ1) is 12.1. The molecule has 1 saturated heterocycles. The van der Waals surface area contributed by atoms with Crippen LogP contribution in [0.25, 0.3) is 0 Å². The lowest BCUT2D eigenvalue weighted by Gasteiger charge is -2.31. The van der Waals surface area contributed by atoms with E-state index in [0.717, 1.165) is 63.9 Å². The summed E-state index contributed by atoms with van der Waals surface area (Å²) in [6.45, 7) is 11.2. The van der Waals surface area contributed by atoms with Gasteiger partial charge in [0.25, 0.3) is 0 Å². The third kappa shape index (κ3) is 6.94. The van der Waals surface area contributed by atoms with Gasteiger partial charge in [-0.05, 0) is 50.4 Å². The van der Waals surface area contributed by atoms with Crippen LogP contribution in [0.3, 0.4) is 0 Å². The Hall–Kier alpha value is 0.0569. The molecule has 0 spiro atoms. The zero-order valence-electron chi connectivity index (χ0n) is 16.9. The zero-order valence-corrected chi connectivity index (χ0v) is 17.9. The molecule has 4 atom stereocenters. The van der Waals surface area contributed by atoms with E-state index in [-0.39, 0.29) is 0 Å². The van der Waals surface area contributed by atoms with Crippen LogP contribution in [0.1, 0.15) is 79.1 Å². The molecule has 0 bridgehead atoms. The van der Waals surface area contributed by atoms with E-state index < -0.39 is 8.80 Å². The smallest absolute Gasteiger partial charge is 0.373 e. The van der Waals surface area contributed by atoms with Crippen LogP contribution in [-0.4, -0.2) is 40.8 Å². The van der Waals surface area contributed by atoms with Gasteiger partial charge in [0.15, 0.2) is 0 Å². The van der Waals surface area contributed by atoms with Crippen LogP contribution in [-0.2, 0) is 18.0 Å². The summed E-state index contributed by atoms with van der Waals surface area (Å²) in [5, 5.41) is 0. The van der Waals surface area contributed by atoms with Gasteiger partial charge in [-0.1, -0.05) is 40.5 Å². The van der Waals surface area contributed by atoms with Gasteiger partial charge in [-0.2, -0.15) is 0 Å². The summed E-state index contributed by atoms with van der Waals surface area (Å²) in [5.41, 5.74) is 0. The van der Waals surface area contributed by atoms with Crippen LogP contribution in [0.2, 0.25) is 6.04 Å². The average molecular weight is 373 g/mol. The molecule has 0 aromatic heterocycles. The van der Waals surface area contributed by atoms with Crippen LogP contribution >= 0.6 is 0 Å². The minimum Gasteiger partial charge on any atom is -0.373 e. The number of hydrogen-bond acceptors (Lipinski definition) is 4. The molecular formula is C20H40O4Si. The first-order valence-electron chi connectivity index (χ1n) is 10.7. The Morgan fingerprint density at radius 1 is 0.920 bits per heavy atom. The Kier molecular flexibility index (Phi) is 9.42. The van der Waals surface area contributed by atoms with E-state index in [1.165, 1.54) is 19.3 Å². The van der Waals surface area contributed by atoms with Gasteiger partial charge in [-0.15, -0.1) is 0 Å². The minimum atomic E-state index is -2.49. The van der Waals surface area contributed by atoms with Gasteiger partial charge in [0.2, 0.25) is 0 Å². The Morgan fingerprint density at radius 2 is 1.56 bits per heavy atom. The zero-order chi connectivity index (χ0) is 18.1. The Labute approximate surface area is 156 Å². The molecule has 2 rings (SSSR count). The van der Waals surface area contributed by atoms with E-state index in [4.69, 9.17) is 18.0 Å². The highest BCUT2D eigenvalue weighted by atomic mass is 28.4. The molecule has 5 heteroatoms. The summed E-state index contributed by atoms with van der Waals surface area (Å²) < 4.78 is 24.4. The topological polar surface area (TPSA) is 40.2 Å². The van der Waals surface area contributed by atoms with Gasteiger partial charge >= 0.3 is 8.80 Å². The summed E-state index contributed by atoms with van der Waals surface area (Å²) in [7, 11) is -2.49. The van der Waals surface area contributed by atoms with E-state index in [1.54, 1.807) is 0 Å². The molecule has 148 valence electrons. The van der Waals surface area contributed by atoms with E-state index in [1.807, 2.05) is 0 Å². The van der Waals surface area contributed by atoms with Crippen molar-refractivity contribution in [3.63, 3.8) is 0 Å². The molecular weight excluding hydrogens is 332 g/mol. The predicted octanol–water partition coefficient (Wildman–Crippen LogP) is 5.19. The second kappa shape index (κ2) is 11.0. The van der Waals surface area contributed by atoms with Crippen molar-refractivity contribution in [2.45, 2.75) is 97.3 Å². The molecule has 4 nitrogen and oxygen atoms in total. The van der Waals surface area contributed by atoms with Crippen molar-refractivity contribution in [2.24, 2.45) is 11.8 Å². The van der Waals surface area contributed by atoms with E-state index >= 15 is 0 Å². The first-order valence-corrected chi connectivity index (χ1v) is 12.6. The maximum absolute atomic E-state index is 6.33. The second-order valence-corrected chi connectivity index (χ2v) is 10.8. The number of epoxide rings is 1. The van der Waals surface area contributed by atoms with E-state index in [0.29, 0.717) is 18.1 Å². The fourth-order valence-corrected chi connectivity index (χ4v) is 5.96. The minimum absolute atomic E-state index is 0.570. The molecule has 2 fully saturated rings. The van der Waals surface area contributed by atoms with Crippen LogP contribution < -0.4 is 0 Å². The lowest BCUT2D eigenvalue weighted by Crippen LogP contribution is -2.46. The van der Waals surface area contributed by atoms with Gasteiger partial charge in [0, 0.05) is 25.9 Å². The maximum atomic E-state index is 6.33. The number of fused-ring (bicyclic) bond motifs is 1. The molecule has 1 saturated carbocycles. The van der Waals surface area contributed by atoms with Crippen molar-refractivity contribution < 1.29 is 18.0 Å². The molecule has 1 heterocycles. The van der Waals surface area contributed by atoms with Gasteiger partial charge in [0.1, 0.15) is 0 Å². The quantitative estimate of drug-likeness (QED) is 0.239. The fraction of sp³-hybridized carbons (Fsp3) is 1.00. The summed E-state index contributed by atoms with van der Waals surface area (Å²) in [6.07, 6.45) is 10.5. The Bertz CT molecular complexity index is 356. The van der Waals surface area contributed by atoms with Crippen molar-refractivity contribution in [3.8, 4) is 0 Å². The summed E-state index contributed by atoms with van der Waals surface area (Å²) in [5.74, 6) is 1.49. The van der Waals surface area contributed by atoms with Crippen molar-refractivity contribution >= 4 is 8.80 Å². The summed E-state index contributed by atoms with van der Waals surface area (Å²) >= 11 is 0. The predicted molar refractivity (Wildman–Crippen MR) is 104 cm³/mol. The lowest BCUT2D eigenvalue weighted by atomic mass is 9.80. The summed E-state index contributed by atoms with van der Waals surface area (Å²) in [4.78, 5) is 0. The molecule has 0 radical (unpaired) electrons. The second-order valence-electron chi connectivity index (χ2n) is 7.84. The molecule has 1 aliphatic carbocycles. The van der Waals surface area contributed by atoms with Crippen LogP contribution in [0.15, 0.2) is 0 Å². The highest BCUT2D eigenvalue weighted by molar-refractivity contribution is 6.60. The van der Waals surface area contributed by atoms with Crippen molar-refractivity contribution in [1.82, 2.24) is 0 Å². The van der Waals surface area contributed by atoms with E-state index in [2.05, 4.69) is 27.7 Å². The van der Waals surface area contributed by atoms with Crippen molar-refractivity contribution in [3.05, 3.63) is 0 Å². The number of rotatable bonds is 14. The van der Waals surface area contributed by atoms with Gasteiger partial charge < -0.3 is 18.0 Å². The molecule has 4 unspecified atom stereocenters.